The summed E-state index contributed by atoms with van der Waals surface area (Å²) in [6, 6.07) is 0. The number of hydrogen-bond acceptors (Lipinski definition) is 6. The first-order valence-electron chi connectivity index (χ1n) is 5.16. The van der Waals surface area contributed by atoms with Crippen molar-refractivity contribution < 1.29 is 19.1 Å². The second kappa shape index (κ2) is 6.19. The Kier molecular flexibility index (Phi) is 5.63. The number of carbonyl (C=O) groups is 2. The van der Waals surface area contributed by atoms with E-state index < -0.39 is 23.4 Å². The van der Waals surface area contributed by atoms with E-state index in [1.54, 1.807) is 13.8 Å². The largest absolute Gasteiger partial charge is 0.464 e. The van der Waals surface area contributed by atoms with Gasteiger partial charge in [-0.15, -0.1) is 4.91 Å². The molecule has 0 fully saturated rings. The van der Waals surface area contributed by atoms with E-state index in [1.807, 2.05) is 0 Å². The number of nitrogens with zero attached hydrogens (tertiary/aromatic N) is 1. The first-order chi connectivity index (χ1) is 7.47. The zero-order valence-electron chi connectivity index (χ0n) is 9.98. The Morgan fingerprint density at radius 1 is 1.12 bits per heavy atom. The molecule has 0 aliphatic rings. The SMILES string of the molecule is CCOC(=O)C(N=O)(C(=O)OCC)C(C)C. The fraction of sp³-hybridized carbons (Fsp3) is 0.800. The minimum absolute atomic E-state index is 0.0717. The van der Waals surface area contributed by atoms with E-state index in [4.69, 9.17) is 9.47 Å². The van der Waals surface area contributed by atoms with Gasteiger partial charge in [0.15, 0.2) is 0 Å². The third kappa shape index (κ3) is 2.56. The summed E-state index contributed by atoms with van der Waals surface area (Å²) in [5.41, 5.74) is -2.09. The molecule has 0 aromatic carbocycles. The van der Waals surface area contributed by atoms with Gasteiger partial charge in [-0.25, -0.2) is 9.59 Å². The van der Waals surface area contributed by atoms with Gasteiger partial charge < -0.3 is 9.47 Å². The van der Waals surface area contributed by atoms with Crippen molar-refractivity contribution in [2.45, 2.75) is 33.2 Å². The molecule has 0 aromatic rings. The average molecular weight is 231 g/mol. The van der Waals surface area contributed by atoms with Crippen LogP contribution >= 0.6 is 0 Å². The molecule has 0 aliphatic carbocycles. The van der Waals surface area contributed by atoms with E-state index in [1.165, 1.54) is 13.8 Å². The van der Waals surface area contributed by atoms with Crippen LogP contribution in [0.15, 0.2) is 5.18 Å². The van der Waals surface area contributed by atoms with Crippen LogP contribution in [0, 0.1) is 10.8 Å². The predicted octanol–water partition coefficient (Wildman–Crippen LogP) is 1.27. The molecule has 0 amide bonds. The highest BCUT2D eigenvalue weighted by Crippen LogP contribution is 2.25. The molecule has 0 rings (SSSR count). The lowest BCUT2D eigenvalue weighted by Crippen LogP contribution is -2.51. The summed E-state index contributed by atoms with van der Waals surface area (Å²) in [5, 5.41) is 2.66. The van der Waals surface area contributed by atoms with Crippen molar-refractivity contribution in [2.75, 3.05) is 13.2 Å². The van der Waals surface area contributed by atoms with Gasteiger partial charge in [0.2, 0.25) is 0 Å². The van der Waals surface area contributed by atoms with Gasteiger partial charge in [0.05, 0.1) is 13.2 Å². The van der Waals surface area contributed by atoms with Gasteiger partial charge in [-0.3, -0.25) is 0 Å². The molecule has 16 heavy (non-hydrogen) atoms. The highest BCUT2D eigenvalue weighted by molar-refractivity contribution is 6.05. The Morgan fingerprint density at radius 2 is 1.50 bits per heavy atom. The van der Waals surface area contributed by atoms with E-state index >= 15 is 0 Å². The van der Waals surface area contributed by atoms with Gasteiger partial charge >= 0.3 is 11.9 Å². The first kappa shape index (κ1) is 14.5. The zero-order chi connectivity index (χ0) is 12.8. The molecule has 0 radical (unpaired) electrons. The minimum Gasteiger partial charge on any atom is -0.464 e. The fourth-order valence-electron chi connectivity index (χ4n) is 1.22. The molecule has 0 saturated carbocycles. The molecule has 6 heteroatoms. The molecule has 0 aromatic heterocycles. The molecule has 92 valence electrons. The van der Waals surface area contributed by atoms with Crippen molar-refractivity contribution in [3.8, 4) is 0 Å². The Hall–Kier alpha value is -1.46. The van der Waals surface area contributed by atoms with Crippen molar-refractivity contribution in [3.05, 3.63) is 4.91 Å². The molecular weight excluding hydrogens is 214 g/mol. The zero-order valence-corrected chi connectivity index (χ0v) is 9.98. The van der Waals surface area contributed by atoms with Crippen LogP contribution in [0.25, 0.3) is 0 Å². The van der Waals surface area contributed by atoms with E-state index in [2.05, 4.69) is 5.18 Å². The summed E-state index contributed by atoms with van der Waals surface area (Å²) >= 11 is 0. The highest BCUT2D eigenvalue weighted by atomic mass is 16.6. The van der Waals surface area contributed by atoms with Crippen LogP contribution in [-0.4, -0.2) is 30.7 Å². The number of nitroso groups, excluding NO2 is 1. The fourth-order valence-corrected chi connectivity index (χ4v) is 1.22. The van der Waals surface area contributed by atoms with Gasteiger partial charge in [-0.2, -0.15) is 0 Å². The molecular formula is C10H17NO5. The molecule has 0 unspecified atom stereocenters. The standard InChI is InChI=1S/C10H17NO5/c1-5-15-8(12)10(11-14,7(3)4)9(13)16-6-2/h7H,5-6H2,1-4H3. The van der Waals surface area contributed by atoms with Crippen LogP contribution in [0.2, 0.25) is 0 Å². The van der Waals surface area contributed by atoms with Crippen LogP contribution < -0.4 is 0 Å². The summed E-state index contributed by atoms with van der Waals surface area (Å²) < 4.78 is 9.39. The van der Waals surface area contributed by atoms with Gasteiger partial charge in [-0.05, 0) is 19.0 Å². The normalized spacial score (nSPS) is 11.1. The summed E-state index contributed by atoms with van der Waals surface area (Å²) in [5.74, 6) is -2.54. The van der Waals surface area contributed by atoms with Crippen molar-refractivity contribution >= 4 is 11.9 Å². The Balaban J connectivity index is 5.23. The van der Waals surface area contributed by atoms with E-state index in [0.717, 1.165) is 0 Å². The lowest BCUT2D eigenvalue weighted by molar-refractivity contribution is -0.166. The number of carbonyl (C=O) groups excluding carboxylic acids is 2. The lowest BCUT2D eigenvalue weighted by Gasteiger charge is -2.25. The molecule has 0 atom stereocenters. The van der Waals surface area contributed by atoms with Crippen LogP contribution in [0.4, 0.5) is 0 Å². The van der Waals surface area contributed by atoms with Gasteiger partial charge in [0, 0.05) is 5.92 Å². The quantitative estimate of drug-likeness (QED) is 0.390. The highest BCUT2D eigenvalue weighted by Gasteiger charge is 2.54. The Morgan fingerprint density at radius 3 is 1.69 bits per heavy atom. The Labute approximate surface area is 94.3 Å². The number of hydrogen-bond donors (Lipinski definition) is 0. The average Bonchev–Trinajstić information content (AvgIpc) is 2.19. The second-order valence-electron chi connectivity index (χ2n) is 3.45. The third-order valence-electron chi connectivity index (χ3n) is 2.15. The van der Waals surface area contributed by atoms with Crippen molar-refractivity contribution in [3.63, 3.8) is 0 Å². The molecule has 0 bridgehead atoms. The van der Waals surface area contributed by atoms with Gasteiger partial charge in [0.25, 0.3) is 5.54 Å². The van der Waals surface area contributed by atoms with Crippen molar-refractivity contribution in [1.82, 2.24) is 0 Å². The van der Waals surface area contributed by atoms with Gasteiger partial charge in [0.1, 0.15) is 0 Å². The number of ether oxygens (including phenoxy) is 2. The maximum absolute atomic E-state index is 11.6. The second-order valence-corrected chi connectivity index (χ2v) is 3.45. The monoisotopic (exact) mass is 231 g/mol. The smallest absolute Gasteiger partial charge is 0.349 e. The topological polar surface area (TPSA) is 82.0 Å². The Bertz CT molecular complexity index is 256. The first-order valence-corrected chi connectivity index (χ1v) is 5.16. The van der Waals surface area contributed by atoms with E-state index in [0.29, 0.717) is 0 Å². The summed E-state index contributed by atoms with van der Waals surface area (Å²) in [6.45, 7) is 6.38. The molecule has 0 saturated heterocycles. The molecule has 0 N–H and O–H groups in total. The summed E-state index contributed by atoms with van der Waals surface area (Å²) in [4.78, 5) is 34.1. The van der Waals surface area contributed by atoms with Crippen LogP contribution in [0.3, 0.4) is 0 Å². The molecule has 0 aliphatic heterocycles. The summed E-state index contributed by atoms with van der Waals surface area (Å²) in [6.07, 6.45) is 0. The minimum atomic E-state index is -2.09. The maximum atomic E-state index is 11.6. The van der Waals surface area contributed by atoms with Gasteiger partial charge in [-0.1, -0.05) is 13.8 Å². The van der Waals surface area contributed by atoms with Crippen molar-refractivity contribution in [2.24, 2.45) is 11.1 Å². The molecule has 6 nitrogen and oxygen atoms in total. The van der Waals surface area contributed by atoms with Crippen LogP contribution in [0.5, 0.6) is 0 Å². The maximum Gasteiger partial charge on any atom is 0.349 e. The third-order valence-corrected chi connectivity index (χ3v) is 2.15. The van der Waals surface area contributed by atoms with Crippen molar-refractivity contribution in [1.29, 1.82) is 0 Å². The van der Waals surface area contributed by atoms with E-state index in [-0.39, 0.29) is 13.2 Å². The van der Waals surface area contributed by atoms with Crippen LogP contribution in [0.1, 0.15) is 27.7 Å². The van der Waals surface area contributed by atoms with Crippen LogP contribution in [-0.2, 0) is 19.1 Å². The number of esters is 2. The number of rotatable bonds is 6. The predicted molar refractivity (Wildman–Crippen MR) is 56.6 cm³/mol. The molecule has 0 spiro atoms. The van der Waals surface area contributed by atoms with E-state index in [9.17, 15) is 14.5 Å². The molecule has 0 heterocycles. The summed E-state index contributed by atoms with van der Waals surface area (Å²) in [7, 11) is 0. The lowest BCUT2D eigenvalue weighted by atomic mass is 9.87.